The minimum Gasteiger partial charge on any atom is -0.484 e. The van der Waals surface area contributed by atoms with Crippen LogP contribution in [0, 0.1) is 8.98 Å². The minimum atomic E-state index is -0.688. The van der Waals surface area contributed by atoms with Crippen LogP contribution < -0.4 is 10.1 Å². The van der Waals surface area contributed by atoms with E-state index in [1.807, 2.05) is 45.2 Å². The average molecular weight is 457 g/mol. The molecular weight excluding hydrogens is 437 g/mol. The molecule has 1 atom stereocenters. The van der Waals surface area contributed by atoms with Crippen LogP contribution in [0.2, 0.25) is 0 Å². The first-order valence-corrected chi connectivity index (χ1v) is 8.88. The first-order valence-electron chi connectivity index (χ1n) is 7.40. The predicted octanol–water partition coefficient (Wildman–Crippen LogP) is 3.93. The number of nitrogens with one attached hydrogen (secondary N) is 2. The smallest absolute Gasteiger partial charge is 0.206 e. The number of thiocarbonyl (C=S) groups is 1. The number of pyridine rings is 1. The number of nitrogens with zero attached hydrogens (tertiary/aromatic N) is 1. The van der Waals surface area contributed by atoms with E-state index in [9.17, 15) is 0 Å². The van der Waals surface area contributed by atoms with Crippen molar-refractivity contribution in [2.75, 3.05) is 7.11 Å². The summed E-state index contributed by atoms with van der Waals surface area (Å²) in [5, 5.41) is 12.0. The second-order valence-electron chi connectivity index (χ2n) is 5.92. The Labute approximate surface area is 160 Å². The molecule has 0 saturated carbocycles. The van der Waals surface area contributed by atoms with Crippen LogP contribution in [0.25, 0.3) is 10.9 Å². The van der Waals surface area contributed by atoms with Gasteiger partial charge in [0.05, 0.1) is 12.6 Å². The largest absolute Gasteiger partial charge is 0.484 e. The van der Waals surface area contributed by atoms with Gasteiger partial charge in [-0.3, -0.25) is 10.4 Å². The summed E-state index contributed by atoms with van der Waals surface area (Å²) in [7, 11) is 1.47. The standard InChI is InChI=1S/C17H20IN3O2S/c1-10(15(24)21-17(2,3)16(19)22-4)23-13-5-6-14-11(8-13)7-12(18)9-20-14/h5-10,19H,1-4H3,(H,21,24). The molecule has 0 aliphatic rings. The number of ether oxygens (including phenoxy) is 2. The molecule has 0 amide bonds. The van der Waals surface area contributed by atoms with Crippen LogP contribution in [0.4, 0.5) is 0 Å². The monoisotopic (exact) mass is 457 g/mol. The lowest BCUT2D eigenvalue weighted by Crippen LogP contribution is -2.52. The van der Waals surface area contributed by atoms with Crippen molar-refractivity contribution < 1.29 is 9.47 Å². The van der Waals surface area contributed by atoms with E-state index in [2.05, 4.69) is 39.0 Å². The molecule has 0 saturated heterocycles. The van der Waals surface area contributed by atoms with Crippen LogP contribution in [-0.4, -0.2) is 34.6 Å². The third kappa shape index (κ3) is 4.54. The van der Waals surface area contributed by atoms with Gasteiger partial charge in [0, 0.05) is 15.2 Å². The molecule has 1 unspecified atom stereocenters. The molecule has 0 spiro atoms. The molecule has 0 radical (unpaired) electrons. The Hall–Kier alpha value is -1.48. The molecule has 5 nitrogen and oxygen atoms in total. The van der Waals surface area contributed by atoms with Crippen molar-refractivity contribution in [3.63, 3.8) is 0 Å². The van der Waals surface area contributed by atoms with E-state index >= 15 is 0 Å². The van der Waals surface area contributed by atoms with Gasteiger partial charge in [0.1, 0.15) is 22.4 Å². The van der Waals surface area contributed by atoms with E-state index in [0.29, 0.717) is 4.99 Å². The lowest BCUT2D eigenvalue weighted by Gasteiger charge is -2.29. The Morgan fingerprint density at radius 2 is 2.08 bits per heavy atom. The fraction of sp³-hybridized carbons (Fsp3) is 0.353. The summed E-state index contributed by atoms with van der Waals surface area (Å²) < 4.78 is 12.0. The van der Waals surface area contributed by atoms with Gasteiger partial charge in [0.2, 0.25) is 5.90 Å². The number of benzene rings is 1. The maximum absolute atomic E-state index is 7.81. The summed E-state index contributed by atoms with van der Waals surface area (Å²) in [6.07, 6.45) is 1.50. The van der Waals surface area contributed by atoms with Gasteiger partial charge in [-0.25, -0.2) is 0 Å². The molecule has 128 valence electrons. The normalized spacial score (nSPS) is 12.5. The number of aromatic nitrogens is 1. The molecule has 0 fully saturated rings. The SMILES string of the molecule is COC(=N)C(C)(C)NC(=S)C(C)Oc1ccc2ncc(I)cc2c1. The third-order valence-electron chi connectivity index (χ3n) is 3.51. The van der Waals surface area contributed by atoms with Crippen molar-refractivity contribution >= 4 is 56.6 Å². The van der Waals surface area contributed by atoms with Crippen molar-refractivity contribution in [3.8, 4) is 5.75 Å². The summed E-state index contributed by atoms with van der Waals surface area (Å²) in [6.45, 7) is 5.54. The van der Waals surface area contributed by atoms with Gasteiger partial charge >= 0.3 is 0 Å². The molecule has 1 heterocycles. The van der Waals surface area contributed by atoms with Gasteiger partial charge in [-0.2, -0.15) is 0 Å². The molecule has 1 aromatic heterocycles. The Bertz CT molecular complexity index is 780. The highest BCUT2D eigenvalue weighted by Crippen LogP contribution is 2.22. The maximum Gasteiger partial charge on any atom is 0.206 e. The van der Waals surface area contributed by atoms with Crippen LogP contribution in [0.15, 0.2) is 30.5 Å². The molecule has 24 heavy (non-hydrogen) atoms. The van der Waals surface area contributed by atoms with Crippen LogP contribution in [0.3, 0.4) is 0 Å². The van der Waals surface area contributed by atoms with Crippen molar-refractivity contribution in [2.24, 2.45) is 0 Å². The van der Waals surface area contributed by atoms with E-state index in [-0.39, 0.29) is 12.0 Å². The second-order valence-corrected chi connectivity index (χ2v) is 7.60. The van der Waals surface area contributed by atoms with Crippen LogP contribution in [-0.2, 0) is 4.74 Å². The number of fused-ring (bicyclic) bond motifs is 1. The number of rotatable bonds is 5. The first kappa shape index (κ1) is 18.9. The lowest BCUT2D eigenvalue weighted by molar-refractivity contribution is 0.280. The van der Waals surface area contributed by atoms with Gasteiger partial charge in [-0.1, -0.05) is 12.2 Å². The summed E-state index contributed by atoms with van der Waals surface area (Å²) in [5.74, 6) is 0.839. The molecule has 0 bridgehead atoms. The van der Waals surface area contributed by atoms with E-state index < -0.39 is 5.54 Å². The van der Waals surface area contributed by atoms with Crippen molar-refractivity contribution in [1.82, 2.24) is 10.3 Å². The molecular formula is C17H20IN3O2S. The van der Waals surface area contributed by atoms with Gasteiger partial charge in [-0.05, 0) is 67.6 Å². The molecule has 0 aliphatic heterocycles. The minimum absolute atomic E-state index is 0.114. The van der Waals surface area contributed by atoms with E-state index in [0.717, 1.165) is 20.2 Å². The quantitative estimate of drug-likeness (QED) is 0.308. The molecule has 1 aromatic carbocycles. The number of hydrogen-bond acceptors (Lipinski definition) is 5. The first-order chi connectivity index (χ1) is 11.2. The highest BCUT2D eigenvalue weighted by Gasteiger charge is 2.27. The van der Waals surface area contributed by atoms with Crippen LogP contribution in [0.1, 0.15) is 20.8 Å². The Balaban J connectivity index is 2.10. The Kier molecular flexibility index (Phi) is 5.97. The van der Waals surface area contributed by atoms with Gasteiger partial charge < -0.3 is 14.8 Å². The third-order valence-corrected chi connectivity index (χ3v) is 4.53. The van der Waals surface area contributed by atoms with Gasteiger partial charge in [0.25, 0.3) is 0 Å². The Morgan fingerprint density at radius 3 is 2.75 bits per heavy atom. The number of hydrogen-bond donors (Lipinski definition) is 2. The zero-order valence-electron chi connectivity index (χ0n) is 14.0. The summed E-state index contributed by atoms with van der Waals surface area (Å²) in [5.41, 5.74) is 0.234. The highest BCUT2D eigenvalue weighted by atomic mass is 127. The molecule has 0 aliphatic carbocycles. The summed E-state index contributed by atoms with van der Waals surface area (Å²) in [6, 6.07) is 7.81. The van der Waals surface area contributed by atoms with E-state index in [1.54, 1.807) is 0 Å². The molecule has 2 rings (SSSR count). The summed E-state index contributed by atoms with van der Waals surface area (Å²) >= 11 is 7.64. The maximum atomic E-state index is 7.81. The van der Waals surface area contributed by atoms with Crippen molar-refractivity contribution in [3.05, 3.63) is 34.0 Å². The zero-order valence-corrected chi connectivity index (χ0v) is 17.0. The van der Waals surface area contributed by atoms with Crippen molar-refractivity contribution in [2.45, 2.75) is 32.4 Å². The van der Waals surface area contributed by atoms with Gasteiger partial charge in [0.15, 0.2) is 0 Å². The zero-order chi connectivity index (χ0) is 17.9. The lowest BCUT2D eigenvalue weighted by atomic mass is 10.1. The predicted molar refractivity (Wildman–Crippen MR) is 109 cm³/mol. The number of halogens is 1. The topological polar surface area (TPSA) is 67.2 Å². The average Bonchev–Trinajstić information content (AvgIpc) is 2.53. The summed E-state index contributed by atoms with van der Waals surface area (Å²) in [4.78, 5) is 4.89. The van der Waals surface area contributed by atoms with Crippen molar-refractivity contribution in [1.29, 1.82) is 5.41 Å². The highest BCUT2D eigenvalue weighted by molar-refractivity contribution is 14.1. The van der Waals surface area contributed by atoms with E-state index in [1.165, 1.54) is 7.11 Å². The van der Waals surface area contributed by atoms with Gasteiger partial charge in [-0.15, -0.1) is 0 Å². The number of methoxy groups -OCH3 is 1. The fourth-order valence-corrected chi connectivity index (χ4v) is 2.91. The fourth-order valence-electron chi connectivity index (χ4n) is 2.14. The van der Waals surface area contributed by atoms with E-state index in [4.69, 9.17) is 27.1 Å². The molecule has 2 N–H and O–H groups in total. The molecule has 2 aromatic rings. The van der Waals surface area contributed by atoms with Crippen LogP contribution in [0.5, 0.6) is 5.75 Å². The second kappa shape index (κ2) is 7.60. The molecule has 7 heteroatoms. The Morgan fingerprint density at radius 1 is 1.38 bits per heavy atom. The van der Waals surface area contributed by atoms with Crippen LogP contribution >= 0.6 is 34.8 Å².